The van der Waals surface area contributed by atoms with E-state index in [0.29, 0.717) is 11.6 Å². The molecule has 0 aliphatic carbocycles. The van der Waals surface area contributed by atoms with E-state index in [9.17, 15) is 0 Å². The first kappa shape index (κ1) is 21.1. The lowest BCUT2D eigenvalue weighted by atomic mass is 10.1. The van der Waals surface area contributed by atoms with Gasteiger partial charge in [-0.05, 0) is 44.0 Å². The van der Waals surface area contributed by atoms with Crippen LogP contribution in [0, 0.1) is 0 Å². The molecule has 1 heterocycles. The summed E-state index contributed by atoms with van der Waals surface area (Å²) in [7, 11) is 4.00. The van der Waals surface area contributed by atoms with Gasteiger partial charge < -0.3 is 0 Å². The van der Waals surface area contributed by atoms with Gasteiger partial charge in [-0.15, -0.1) is 0 Å². The largest absolute Gasteiger partial charge is 0.276 e. The molecule has 1 saturated heterocycles. The molecule has 32 heavy (non-hydrogen) atoms. The van der Waals surface area contributed by atoms with E-state index in [1.54, 1.807) is 0 Å². The monoisotopic (exact) mass is 436 g/mol. The fourth-order valence-electron chi connectivity index (χ4n) is 5.10. The summed E-state index contributed by atoms with van der Waals surface area (Å²) in [5.74, 6) is 0.612. The van der Waals surface area contributed by atoms with Crippen LogP contribution in [0.25, 0.3) is 0 Å². The minimum Gasteiger partial charge on any atom is -0.276 e. The van der Waals surface area contributed by atoms with Crippen LogP contribution in [0.15, 0.2) is 121 Å². The SMILES string of the molecule is CN1C(c2ccccc2)N(C)C(c2ccccc2)P(c2ccccc2)C1c1ccccc1. The minimum absolute atomic E-state index is 0.189. The third kappa shape index (κ3) is 3.91. The van der Waals surface area contributed by atoms with Gasteiger partial charge in [-0.2, -0.15) is 0 Å². The van der Waals surface area contributed by atoms with Gasteiger partial charge in [0.15, 0.2) is 0 Å². The molecule has 1 aliphatic heterocycles. The molecule has 1 fully saturated rings. The molecule has 5 rings (SSSR count). The highest BCUT2D eigenvalue weighted by atomic mass is 31.1. The van der Waals surface area contributed by atoms with E-state index in [-0.39, 0.29) is 6.17 Å². The van der Waals surface area contributed by atoms with E-state index in [4.69, 9.17) is 0 Å². The fourth-order valence-corrected chi connectivity index (χ4v) is 8.47. The molecule has 1 aliphatic rings. The van der Waals surface area contributed by atoms with E-state index in [0.717, 1.165) is 0 Å². The molecule has 2 nitrogen and oxygen atoms in total. The van der Waals surface area contributed by atoms with E-state index in [1.165, 1.54) is 22.0 Å². The molecule has 3 heteroatoms. The van der Waals surface area contributed by atoms with Crippen molar-refractivity contribution in [3.63, 3.8) is 0 Å². The van der Waals surface area contributed by atoms with Crippen LogP contribution in [-0.4, -0.2) is 23.9 Å². The first-order chi connectivity index (χ1) is 15.8. The number of nitrogens with zero attached hydrogens (tertiary/aromatic N) is 2. The normalized spacial score (nSPS) is 24.3. The Bertz CT molecular complexity index is 1070. The third-order valence-electron chi connectivity index (χ3n) is 6.42. The Kier molecular flexibility index (Phi) is 6.19. The summed E-state index contributed by atoms with van der Waals surface area (Å²) >= 11 is 0. The molecule has 2 atom stereocenters. The zero-order chi connectivity index (χ0) is 21.9. The Balaban J connectivity index is 1.73. The maximum Gasteiger partial charge on any atom is 0.0897 e. The fraction of sp³-hybridized carbons (Fsp3) is 0.172. The zero-order valence-electron chi connectivity index (χ0n) is 18.6. The molecule has 0 N–H and O–H groups in total. The molecule has 4 aromatic rings. The number of benzene rings is 4. The van der Waals surface area contributed by atoms with Crippen molar-refractivity contribution >= 4 is 13.2 Å². The summed E-state index contributed by atoms with van der Waals surface area (Å²) in [6.07, 6.45) is 0.189. The third-order valence-corrected chi connectivity index (χ3v) is 9.69. The van der Waals surface area contributed by atoms with Crippen LogP contribution in [0.1, 0.15) is 34.4 Å². The number of hydrogen-bond acceptors (Lipinski definition) is 2. The minimum atomic E-state index is -0.590. The predicted molar refractivity (Wildman–Crippen MR) is 136 cm³/mol. The number of rotatable bonds is 4. The van der Waals surface area contributed by atoms with Gasteiger partial charge in [0.25, 0.3) is 0 Å². The molecule has 2 unspecified atom stereocenters. The lowest BCUT2D eigenvalue weighted by molar-refractivity contribution is 0.0427. The molecular weight excluding hydrogens is 407 g/mol. The van der Waals surface area contributed by atoms with Crippen molar-refractivity contribution in [1.82, 2.24) is 9.80 Å². The van der Waals surface area contributed by atoms with Gasteiger partial charge in [-0.25, -0.2) is 0 Å². The van der Waals surface area contributed by atoms with E-state index in [2.05, 4.69) is 145 Å². The number of hydrogen-bond donors (Lipinski definition) is 0. The highest BCUT2D eigenvalue weighted by Gasteiger charge is 2.46. The summed E-state index contributed by atoms with van der Waals surface area (Å²) in [6.45, 7) is 0. The molecule has 0 aromatic heterocycles. The Hall–Kier alpha value is -2.77. The van der Waals surface area contributed by atoms with Crippen LogP contribution < -0.4 is 5.30 Å². The second-order valence-corrected chi connectivity index (χ2v) is 10.7. The summed E-state index contributed by atoms with van der Waals surface area (Å²) in [6, 6.07) is 44.2. The second kappa shape index (κ2) is 9.38. The molecule has 160 valence electrons. The zero-order valence-corrected chi connectivity index (χ0v) is 19.5. The lowest BCUT2D eigenvalue weighted by Crippen LogP contribution is -2.47. The van der Waals surface area contributed by atoms with Gasteiger partial charge >= 0.3 is 0 Å². The maximum absolute atomic E-state index is 2.59. The van der Waals surface area contributed by atoms with Crippen LogP contribution >= 0.6 is 7.92 Å². The van der Waals surface area contributed by atoms with Gasteiger partial charge in [0.1, 0.15) is 0 Å². The van der Waals surface area contributed by atoms with Crippen molar-refractivity contribution in [2.24, 2.45) is 0 Å². The first-order valence-corrected chi connectivity index (χ1v) is 12.7. The smallest absolute Gasteiger partial charge is 0.0897 e. The quantitative estimate of drug-likeness (QED) is 0.326. The molecule has 0 saturated carbocycles. The second-order valence-electron chi connectivity index (χ2n) is 8.43. The Labute approximate surface area is 192 Å². The lowest BCUT2D eigenvalue weighted by Gasteiger charge is -2.54. The van der Waals surface area contributed by atoms with E-state index in [1.807, 2.05) is 0 Å². The maximum atomic E-state index is 2.59. The molecule has 0 spiro atoms. The average molecular weight is 437 g/mol. The average Bonchev–Trinajstić information content (AvgIpc) is 2.86. The van der Waals surface area contributed by atoms with Crippen molar-refractivity contribution in [2.75, 3.05) is 14.1 Å². The Morgan fingerprint density at radius 3 is 1.22 bits per heavy atom. The van der Waals surface area contributed by atoms with Crippen molar-refractivity contribution in [2.45, 2.75) is 17.7 Å². The van der Waals surface area contributed by atoms with Gasteiger partial charge in [0.2, 0.25) is 0 Å². The van der Waals surface area contributed by atoms with Crippen LogP contribution in [-0.2, 0) is 0 Å². The van der Waals surface area contributed by atoms with Crippen molar-refractivity contribution in [3.05, 3.63) is 138 Å². The summed E-state index contributed by atoms with van der Waals surface area (Å²) < 4.78 is 0. The molecule has 0 amide bonds. The standard InChI is InChI=1S/C29H29N2P/c1-30-27(23-15-7-3-8-16-23)31(2)29(25-19-11-5-12-20-25)32(26-21-13-6-14-22-26)28(30)24-17-9-4-10-18-24/h3-22,27-29H,1-2H3. The van der Waals surface area contributed by atoms with Crippen molar-refractivity contribution < 1.29 is 0 Å². The van der Waals surface area contributed by atoms with Crippen LogP contribution in [0.5, 0.6) is 0 Å². The van der Waals surface area contributed by atoms with Gasteiger partial charge in [0, 0.05) is 0 Å². The topological polar surface area (TPSA) is 6.48 Å². The molecule has 4 aromatic carbocycles. The van der Waals surface area contributed by atoms with Crippen molar-refractivity contribution in [1.29, 1.82) is 0 Å². The van der Waals surface area contributed by atoms with Crippen LogP contribution in [0.4, 0.5) is 0 Å². The van der Waals surface area contributed by atoms with Crippen molar-refractivity contribution in [3.8, 4) is 0 Å². The first-order valence-electron chi connectivity index (χ1n) is 11.2. The Morgan fingerprint density at radius 1 is 0.469 bits per heavy atom. The Morgan fingerprint density at radius 2 is 0.812 bits per heavy atom. The predicted octanol–water partition coefficient (Wildman–Crippen LogP) is 6.77. The van der Waals surface area contributed by atoms with Crippen LogP contribution in [0.3, 0.4) is 0 Å². The summed E-state index contributed by atoms with van der Waals surface area (Å²) in [5, 5.41) is 1.44. The molecule has 0 bridgehead atoms. The summed E-state index contributed by atoms with van der Waals surface area (Å²) in [5.41, 5.74) is 4.11. The highest BCUT2D eigenvalue weighted by Crippen LogP contribution is 2.67. The van der Waals surface area contributed by atoms with E-state index < -0.39 is 7.92 Å². The van der Waals surface area contributed by atoms with Gasteiger partial charge in [0.05, 0.1) is 17.7 Å². The molecular formula is C29H29N2P. The van der Waals surface area contributed by atoms with Crippen LogP contribution in [0.2, 0.25) is 0 Å². The van der Waals surface area contributed by atoms with Gasteiger partial charge in [-0.3, -0.25) is 9.80 Å². The summed E-state index contributed by atoms with van der Waals surface area (Å²) in [4.78, 5) is 5.17. The van der Waals surface area contributed by atoms with Gasteiger partial charge in [-0.1, -0.05) is 121 Å². The molecule has 0 radical (unpaired) electrons. The highest BCUT2D eigenvalue weighted by molar-refractivity contribution is 7.66. The van der Waals surface area contributed by atoms with E-state index >= 15 is 0 Å².